The van der Waals surface area contributed by atoms with E-state index >= 15 is 0 Å². The lowest BCUT2D eigenvalue weighted by atomic mass is 9.83. The average molecular weight is 1150 g/mol. The SMILES string of the molecule is CN[C@@H](C)C(=O)N[C@H](C(=O)N1Cc2cc(NC(=O)c3ccc4c(ccn4C(=O)N[C@H]4C[C@@H](C(=O)N[C@@H]5CCCc6ccccc65)N(C(=O)[C@@H](NC(=O)[C@H](C)NC)C(C)(C)C)C4)c3)ccc2C[C@H]1C(=O)N[C@@H]1CCCc2ccccc21)C(C)(C)C. The number of benzene rings is 4. The number of carbonyl (C=O) groups excluding carboxylic acids is 8. The Balaban J connectivity index is 0.915. The number of aromatic nitrogens is 1. The molecule has 446 valence electrons. The van der Waals surface area contributed by atoms with Gasteiger partial charge in [-0.3, -0.25) is 38.1 Å². The zero-order valence-corrected chi connectivity index (χ0v) is 50.1. The second kappa shape index (κ2) is 25.1. The van der Waals surface area contributed by atoms with Crippen LogP contribution in [0.3, 0.4) is 0 Å². The van der Waals surface area contributed by atoms with Gasteiger partial charge in [-0.1, -0.05) is 96.1 Å². The lowest BCUT2D eigenvalue weighted by molar-refractivity contribution is -0.147. The van der Waals surface area contributed by atoms with Gasteiger partial charge in [-0.15, -0.1) is 0 Å². The lowest BCUT2D eigenvalue weighted by Crippen LogP contribution is -2.62. The van der Waals surface area contributed by atoms with Crippen LogP contribution < -0.4 is 42.5 Å². The monoisotopic (exact) mass is 1150 g/mol. The molecule has 9 rings (SSSR count). The minimum atomic E-state index is -0.979. The smallest absolute Gasteiger partial charge is 0.326 e. The van der Waals surface area contributed by atoms with E-state index in [1.165, 1.54) is 20.6 Å². The quantitative estimate of drug-likeness (QED) is 0.0579. The number of nitrogens with zero attached hydrogens (tertiary/aromatic N) is 3. The first-order chi connectivity index (χ1) is 39.9. The van der Waals surface area contributed by atoms with E-state index in [2.05, 4.69) is 54.7 Å². The van der Waals surface area contributed by atoms with Crippen LogP contribution in [0.5, 0.6) is 0 Å². The van der Waals surface area contributed by atoms with Crippen molar-refractivity contribution in [3.05, 3.63) is 136 Å². The van der Waals surface area contributed by atoms with Gasteiger partial charge in [0.2, 0.25) is 35.4 Å². The molecule has 8 N–H and O–H groups in total. The van der Waals surface area contributed by atoms with Crippen LogP contribution in [0.2, 0.25) is 0 Å². The van der Waals surface area contributed by atoms with Gasteiger partial charge in [0.05, 0.1) is 35.7 Å². The summed E-state index contributed by atoms with van der Waals surface area (Å²) in [5, 5.41) is 25.0. The maximum Gasteiger partial charge on any atom is 0.326 e. The van der Waals surface area contributed by atoms with Crippen molar-refractivity contribution in [2.24, 2.45) is 10.8 Å². The van der Waals surface area contributed by atoms with Crippen molar-refractivity contribution >= 4 is 64.0 Å². The van der Waals surface area contributed by atoms with Crippen LogP contribution in [0.15, 0.2) is 97.2 Å². The zero-order valence-electron chi connectivity index (χ0n) is 50.1. The van der Waals surface area contributed by atoms with Crippen LogP contribution in [-0.4, -0.2) is 125 Å². The van der Waals surface area contributed by atoms with E-state index in [-0.39, 0.29) is 61.6 Å². The molecule has 0 spiro atoms. The van der Waals surface area contributed by atoms with E-state index < -0.39 is 76.9 Å². The van der Waals surface area contributed by atoms with Crippen LogP contribution in [-0.2, 0) is 54.6 Å². The number of nitrogens with one attached hydrogen (secondary N) is 8. The van der Waals surface area contributed by atoms with Crippen molar-refractivity contribution in [2.45, 2.75) is 168 Å². The second-order valence-corrected chi connectivity index (χ2v) is 25.4. The summed E-state index contributed by atoms with van der Waals surface area (Å²) in [5.74, 6) is -2.55. The van der Waals surface area contributed by atoms with E-state index in [9.17, 15) is 38.4 Å². The average Bonchev–Trinajstić information content (AvgIpc) is 2.06. The van der Waals surface area contributed by atoms with E-state index in [1.54, 1.807) is 69.4 Å². The predicted octanol–water partition coefficient (Wildman–Crippen LogP) is 6.34. The normalized spacial score (nSPS) is 20.9. The molecule has 1 fully saturated rings. The third kappa shape index (κ3) is 13.2. The predicted molar refractivity (Wildman–Crippen MR) is 323 cm³/mol. The Kier molecular flexibility index (Phi) is 18.2. The minimum absolute atomic E-state index is 0.0201. The molecular weight excluding hydrogens is 1060 g/mol. The van der Waals surface area contributed by atoms with Crippen LogP contribution >= 0.6 is 0 Å². The summed E-state index contributed by atoms with van der Waals surface area (Å²) in [6.45, 7) is 14.7. The zero-order chi connectivity index (χ0) is 60.4. The van der Waals surface area contributed by atoms with Crippen LogP contribution in [0.25, 0.3) is 10.9 Å². The summed E-state index contributed by atoms with van der Waals surface area (Å²) in [6.07, 6.45) is 7.11. The molecule has 5 aromatic rings. The minimum Gasteiger partial charge on any atom is -0.347 e. The highest BCUT2D eigenvalue weighted by molar-refractivity contribution is 6.07. The maximum atomic E-state index is 14.9. The molecule has 0 bridgehead atoms. The molecule has 19 nitrogen and oxygen atoms in total. The number of hydrogen-bond acceptors (Lipinski definition) is 10. The largest absolute Gasteiger partial charge is 0.347 e. The summed E-state index contributed by atoms with van der Waals surface area (Å²) >= 11 is 0. The molecule has 0 saturated carbocycles. The second-order valence-electron chi connectivity index (χ2n) is 25.4. The third-order valence-electron chi connectivity index (χ3n) is 17.4. The molecule has 19 heteroatoms. The fraction of sp³-hybridized carbons (Fsp3) is 0.477. The molecule has 4 aromatic carbocycles. The number of anilines is 1. The molecule has 84 heavy (non-hydrogen) atoms. The third-order valence-corrected chi connectivity index (χ3v) is 17.4. The molecule has 2 aliphatic carbocycles. The number of likely N-dealkylation sites (tertiary alicyclic amines) is 1. The Morgan fingerprint density at radius 3 is 1.69 bits per heavy atom. The Hall–Kier alpha value is -7.90. The molecule has 9 atom stereocenters. The number of aryl methyl sites for hydroxylation is 2. The van der Waals surface area contributed by atoms with Crippen molar-refractivity contribution in [3.8, 4) is 0 Å². The van der Waals surface area contributed by atoms with Crippen molar-refractivity contribution in [2.75, 3.05) is 26.0 Å². The highest BCUT2D eigenvalue weighted by Gasteiger charge is 2.47. The van der Waals surface area contributed by atoms with Crippen LogP contribution in [0.4, 0.5) is 10.5 Å². The van der Waals surface area contributed by atoms with Gasteiger partial charge in [0.15, 0.2) is 0 Å². The van der Waals surface area contributed by atoms with Gasteiger partial charge in [-0.25, -0.2) is 4.79 Å². The maximum absolute atomic E-state index is 14.9. The number of hydrogen-bond donors (Lipinski definition) is 8. The van der Waals surface area contributed by atoms with Crippen molar-refractivity contribution in [1.29, 1.82) is 0 Å². The van der Waals surface area contributed by atoms with Crippen LogP contribution in [0.1, 0.15) is 143 Å². The summed E-state index contributed by atoms with van der Waals surface area (Å²) in [7, 11) is 3.33. The lowest BCUT2D eigenvalue weighted by Gasteiger charge is -2.42. The highest BCUT2D eigenvalue weighted by Crippen LogP contribution is 2.35. The van der Waals surface area contributed by atoms with E-state index in [0.29, 0.717) is 22.2 Å². The molecule has 4 aliphatic rings. The Morgan fingerprint density at radius 1 is 0.583 bits per heavy atom. The topological polar surface area (TPSA) is 244 Å². The molecule has 0 radical (unpaired) electrons. The van der Waals surface area contributed by atoms with Gasteiger partial charge in [0.25, 0.3) is 5.91 Å². The van der Waals surface area contributed by atoms with Crippen molar-refractivity contribution in [1.82, 2.24) is 51.6 Å². The fourth-order valence-electron chi connectivity index (χ4n) is 12.2. The first-order valence-corrected chi connectivity index (χ1v) is 29.6. The summed E-state index contributed by atoms with van der Waals surface area (Å²) in [5.41, 5.74) is 5.93. The van der Waals surface area contributed by atoms with Gasteiger partial charge in [0, 0.05) is 42.3 Å². The molecule has 3 heterocycles. The van der Waals surface area contributed by atoms with Crippen molar-refractivity contribution < 1.29 is 38.4 Å². The molecule has 0 unspecified atom stereocenters. The molecular formula is C65H83N11O8. The van der Waals surface area contributed by atoms with Gasteiger partial charge in [-0.05, 0) is 153 Å². The summed E-state index contributed by atoms with van der Waals surface area (Å²) in [6, 6.07) is 21.8. The summed E-state index contributed by atoms with van der Waals surface area (Å²) in [4.78, 5) is 117. The number of carbonyl (C=O) groups is 8. The number of fused-ring (bicyclic) bond motifs is 4. The molecule has 2 aliphatic heterocycles. The number of rotatable bonds is 15. The molecule has 1 aromatic heterocycles. The Bertz CT molecular complexity index is 3340. The van der Waals surface area contributed by atoms with E-state index in [4.69, 9.17) is 0 Å². The van der Waals surface area contributed by atoms with Gasteiger partial charge < -0.3 is 52.3 Å². The first-order valence-electron chi connectivity index (χ1n) is 29.6. The summed E-state index contributed by atoms with van der Waals surface area (Å²) < 4.78 is 1.43. The highest BCUT2D eigenvalue weighted by atomic mass is 16.2. The van der Waals surface area contributed by atoms with E-state index in [0.717, 1.165) is 60.8 Å². The first kappa shape index (κ1) is 60.7. The Labute approximate surface area is 492 Å². The molecule has 8 amide bonds. The fourth-order valence-corrected chi connectivity index (χ4v) is 12.2. The molecule has 1 saturated heterocycles. The Morgan fingerprint density at radius 2 is 1.13 bits per heavy atom. The van der Waals surface area contributed by atoms with Gasteiger partial charge in [0.1, 0.15) is 24.2 Å². The van der Waals surface area contributed by atoms with Gasteiger partial charge in [-0.2, -0.15) is 0 Å². The van der Waals surface area contributed by atoms with Gasteiger partial charge >= 0.3 is 6.03 Å². The number of amides is 8. The standard InChI is InChI=1S/C65H83N11O8/c1-37(66-9)56(77)72-54(64(3,4)5)61(82)75-35-44-32-45(27-25-41(44)33-52(75)59(80)70-49-23-15-19-39-17-11-13-21-47(39)49)68-58(79)43-26-28-51-42(31-43)29-30-74(51)63(84)69-46-34-53(60(81)71-50-24-16-20-40-18-12-14-22-48(40)50)76(36-46)62(83)55(65(6,7)8)73-57(78)38(2)67-10/h11-14,17-18,21-22,25-32,37-38,46,49-50,52-55,66-67H,15-16,19-20,23-24,33-36H2,1-10H3,(H,68,79)(H,69,84)(H,70,80)(H,71,81)(H,72,77)(H,73,78)/t37-,38-,46-,49+,50+,52-,53-,54+,55+/m0/s1. The van der Waals surface area contributed by atoms with Crippen LogP contribution in [0, 0.1) is 10.8 Å². The van der Waals surface area contributed by atoms with Crippen molar-refractivity contribution in [3.63, 3.8) is 0 Å². The number of likely N-dealkylation sites (N-methyl/N-ethyl adjacent to an activating group) is 2. The van der Waals surface area contributed by atoms with E-state index in [1.807, 2.05) is 90.1 Å².